The Bertz CT molecular complexity index is 471. The fourth-order valence-corrected chi connectivity index (χ4v) is 4.16. The van der Waals surface area contributed by atoms with Crippen molar-refractivity contribution in [3.05, 3.63) is 35.4 Å². The van der Waals surface area contributed by atoms with Gasteiger partial charge in [-0.05, 0) is 35.6 Å². The molecule has 0 bridgehead atoms. The molecule has 0 aliphatic carbocycles. The van der Waals surface area contributed by atoms with Gasteiger partial charge in [-0.3, -0.25) is 4.79 Å². The lowest BCUT2D eigenvalue weighted by Gasteiger charge is -2.25. The van der Waals surface area contributed by atoms with Crippen LogP contribution in [-0.4, -0.2) is 31.4 Å². The Morgan fingerprint density at radius 1 is 1.40 bits per heavy atom. The number of carbonyl (C=O) groups is 1. The first-order valence-corrected chi connectivity index (χ1v) is 8.41. The minimum Gasteiger partial charge on any atom is -0.381 e. The van der Waals surface area contributed by atoms with Crippen molar-refractivity contribution in [2.75, 3.05) is 25.5 Å². The highest BCUT2D eigenvalue weighted by Gasteiger charge is 2.22. The van der Waals surface area contributed by atoms with Crippen molar-refractivity contribution in [1.29, 1.82) is 0 Å². The first-order valence-electron chi connectivity index (χ1n) is 7.37. The molecule has 0 radical (unpaired) electrons. The number of carbonyl (C=O) groups excluding carboxylic acids is 1. The summed E-state index contributed by atoms with van der Waals surface area (Å²) in [6.07, 6.45) is 2.78. The van der Waals surface area contributed by atoms with E-state index in [1.165, 1.54) is 11.1 Å². The van der Waals surface area contributed by atoms with Crippen LogP contribution in [-0.2, 0) is 16.0 Å². The third kappa shape index (κ3) is 3.36. The summed E-state index contributed by atoms with van der Waals surface area (Å²) in [5.41, 5.74) is 2.84. The highest BCUT2D eigenvalue weighted by atomic mass is 32.2. The molecule has 4 heteroatoms. The standard InChI is InChI=1S/C16H21NO2S/c18-16(9-12-5-7-19-11-12)17-10-15-14-4-2-1-3-13(14)6-8-20-15/h1-4,12,15H,5-11H2,(H,17,18)/t12-,15+/m1/s1. The lowest BCUT2D eigenvalue weighted by molar-refractivity contribution is -0.122. The van der Waals surface area contributed by atoms with Crippen LogP contribution < -0.4 is 5.32 Å². The molecule has 108 valence electrons. The molecular weight excluding hydrogens is 270 g/mol. The van der Waals surface area contributed by atoms with Crippen LogP contribution in [0.3, 0.4) is 0 Å². The van der Waals surface area contributed by atoms with Gasteiger partial charge in [-0.2, -0.15) is 11.8 Å². The first kappa shape index (κ1) is 14.0. The first-order chi connectivity index (χ1) is 9.83. The predicted molar refractivity (Wildman–Crippen MR) is 81.9 cm³/mol. The van der Waals surface area contributed by atoms with Gasteiger partial charge in [0.05, 0.1) is 0 Å². The van der Waals surface area contributed by atoms with Crippen LogP contribution in [0.2, 0.25) is 0 Å². The van der Waals surface area contributed by atoms with E-state index in [-0.39, 0.29) is 5.91 Å². The smallest absolute Gasteiger partial charge is 0.220 e. The number of rotatable bonds is 4. The topological polar surface area (TPSA) is 38.3 Å². The number of nitrogens with one attached hydrogen (secondary N) is 1. The maximum Gasteiger partial charge on any atom is 0.220 e. The summed E-state index contributed by atoms with van der Waals surface area (Å²) >= 11 is 1.95. The molecule has 1 N–H and O–H groups in total. The number of hydrogen-bond acceptors (Lipinski definition) is 3. The van der Waals surface area contributed by atoms with Gasteiger partial charge in [0.1, 0.15) is 0 Å². The van der Waals surface area contributed by atoms with Crippen molar-refractivity contribution in [1.82, 2.24) is 5.32 Å². The quantitative estimate of drug-likeness (QED) is 0.926. The Hall–Kier alpha value is -1.00. The van der Waals surface area contributed by atoms with Gasteiger partial charge in [0.25, 0.3) is 0 Å². The molecule has 1 aromatic rings. The predicted octanol–water partition coefficient (Wildman–Crippen LogP) is 2.56. The van der Waals surface area contributed by atoms with Crippen LogP contribution >= 0.6 is 11.8 Å². The van der Waals surface area contributed by atoms with Gasteiger partial charge in [-0.15, -0.1) is 0 Å². The third-order valence-corrected chi connectivity index (χ3v) is 5.34. The van der Waals surface area contributed by atoms with E-state index in [9.17, 15) is 4.79 Å². The molecule has 0 spiro atoms. The molecule has 1 aromatic carbocycles. The van der Waals surface area contributed by atoms with E-state index >= 15 is 0 Å². The van der Waals surface area contributed by atoms with Crippen molar-refractivity contribution in [3.63, 3.8) is 0 Å². The number of thioether (sulfide) groups is 1. The van der Waals surface area contributed by atoms with Gasteiger partial charge < -0.3 is 10.1 Å². The normalized spacial score (nSPS) is 25.2. The minimum atomic E-state index is 0.171. The molecule has 2 aliphatic heterocycles. The molecular formula is C16H21NO2S. The van der Waals surface area contributed by atoms with Gasteiger partial charge in [0, 0.05) is 31.4 Å². The second-order valence-electron chi connectivity index (χ2n) is 5.55. The second-order valence-corrected chi connectivity index (χ2v) is 6.86. The van der Waals surface area contributed by atoms with Gasteiger partial charge in [-0.25, -0.2) is 0 Å². The number of benzene rings is 1. The molecule has 1 fully saturated rings. The Kier molecular flexibility index (Phi) is 4.63. The van der Waals surface area contributed by atoms with E-state index in [1.807, 2.05) is 11.8 Å². The van der Waals surface area contributed by atoms with E-state index in [2.05, 4.69) is 29.6 Å². The van der Waals surface area contributed by atoms with Crippen LogP contribution in [0.5, 0.6) is 0 Å². The van der Waals surface area contributed by atoms with Crippen LogP contribution in [0.4, 0.5) is 0 Å². The lowest BCUT2D eigenvalue weighted by Crippen LogP contribution is -2.30. The summed E-state index contributed by atoms with van der Waals surface area (Å²) < 4.78 is 5.31. The zero-order valence-corrected chi connectivity index (χ0v) is 12.5. The third-order valence-electron chi connectivity index (χ3n) is 4.08. The highest BCUT2D eigenvalue weighted by molar-refractivity contribution is 7.99. The van der Waals surface area contributed by atoms with Gasteiger partial charge in [-0.1, -0.05) is 24.3 Å². The number of hydrogen-bond donors (Lipinski definition) is 1. The number of amides is 1. The maximum atomic E-state index is 12.0. The van der Waals surface area contributed by atoms with Gasteiger partial charge in [0.15, 0.2) is 0 Å². The average molecular weight is 291 g/mol. The summed E-state index contributed by atoms with van der Waals surface area (Å²) in [4.78, 5) is 12.0. The minimum absolute atomic E-state index is 0.171. The Labute approximate surface area is 124 Å². The molecule has 0 aromatic heterocycles. The molecule has 3 rings (SSSR count). The van der Waals surface area contributed by atoms with Crippen molar-refractivity contribution < 1.29 is 9.53 Å². The highest BCUT2D eigenvalue weighted by Crippen LogP contribution is 2.35. The van der Waals surface area contributed by atoms with Crippen LogP contribution in [0.15, 0.2) is 24.3 Å². The molecule has 1 saturated heterocycles. The van der Waals surface area contributed by atoms with E-state index in [0.29, 0.717) is 17.6 Å². The van der Waals surface area contributed by atoms with E-state index in [1.54, 1.807) is 0 Å². The van der Waals surface area contributed by atoms with E-state index < -0.39 is 0 Å². The fraction of sp³-hybridized carbons (Fsp3) is 0.562. The van der Waals surface area contributed by atoms with Crippen LogP contribution in [0, 0.1) is 5.92 Å². The molecule has 2 aliphatic rings. The van der Waals surface area contributed by atoms with Crippen molar-refractivity contribution in [3.8, 4) is 0 Å². The van der Waals surface area contributed by atoms with Crippen LogP contribution in [0.25, 0.3) is 0 Å². The van der Waals surface area contributed by atoms with Crippen molar-refractivity contribution >= 4 is 17.7 Å². The summed E-state index contributed by atoms with van der Waals surface area (Å²) in [6.45, 7) is 2.30. The van der Waals surface area contributed by atoms with Gasteiger partial charge in [0.2, 0.25) is 5.91 Å². The number of fused-ring (bicyclic) bond motifs is 1. The largest absolute Gasteiger partial charge is 0.381 e. The Balaban J connectivity index is 1.52. The summed E-state index contributed by atoms with van der Waals surface area (Å²) in [5, 5.41) is 3.51. The summed E-state index contributed by atoms with van der Waals surface area (Å²) in [6, 6.07) is 8.60. The van der Waals surface area contributed by atoms with Crippen LogP contribution in [0.1, 0.15) is 29.2 Å². The maximum absolute atomic E-state index is 12.0. The molecule has 3 nitrogen and oxygen atoms in total. The van der Waals surface area contributed by atoms with Crippen molar-refractivity contribution in [2.24, 2.45) is 5.92 Å². The lowest BCUT2D eigenvalue weighted by atomic mass is 10.0. The Morgan fingerprint density at radius 3 is 3.15 bits per heavy atom. The zero-order chi connectivity index (χ0) is 13.8. The van der Waals surface area contributed by atoms with E-state index in [4.69, 9.17) is 4.74 Å². The zero-order valence-electron chi connectivity index (χ0n) is 11.6. The SMILES string of the molecule is O=C(C[C@H]1CCOC1)NC[C@@H]1SCCc2ccccc21. The average Bonchev–Trinajstić information content (AvgIpc) is 2.98. The molecule has 1 amide bonds. The van der Waals surface area contributed by atoms with E-state index in [0.717, 1.165) is 38.4 Å². The van der Waals surface area contributed by atoms with Crippen molar-refractivity contribution in [2.45, 2.75) is 24.5 Å². The fourth-order valence-electron chi connectivity index (χ4n) is 2.93. The second kappa shape index (κ2) is 6.64. The summed E-state index contributed by atoms with van der Waals surface area (Å²) in [7, 11) is 0. The number of ether oxygens (including phenoxy) is 1. The molecule has 2 heterocycles. The molecule has 0 unspecified atom stereocenters. The summed E-state index contributed by atoms with van der Waals surface area (Å²) in [5.74, 6) is 1.74. The molecule has 20 heavy (non-hydrogen) atoms. The number of aryl methyl sites for hydroxylation is 1. The van der Waals surface area contributed by atoms with Gasteiger partial charge >= 0.3 is 0 Å². The molecule has 0 saturated carbocycles. The Morgan fingerprint density at radius 2 is 2.30 bits per heavy atom. The molecule has 2 atom stereocenters. The monoisotopic (exact) mass is 291 g/mol.